The fourth-order valence-corrected chi connectivity index (χ4v) is 3.55. The monoisotopic (exact) mass is 1110 g/mol. The van der Waals surface area contributed by atoms with Crippen molar-refractivity contribution in [3.05, 3.63) is 47.5 Å². The number of rotatable bonds is 4. The normalized spacial score (nSPS) is 14.9. The molecule has 0 saturated carbocycles. The van der Waals surface area contributed by atoms with Crippen LogP contribution < -0.4 is 5.32 Å². The first-order valence-electron chi connectivity index (χ1n) is 9.75. The summed E-state index contributed by atoms with van der Waals surface area (Å²) in [6.07, 6.45) is 2.85. The quantitative estimate of drug-likeness (QED) is 0.322. The van der Waals surface area contributed by atoms with Crippen LogP contribution in [-0.2, 0) is 77.6 Å². The molecule has 0 spiro atoms. The van der Waals surface area contributed by atoms with Gasteiger partial charge in [-0.25, -0.2) is 0 Å². The molecule has 6 nitrogen and oxygen atoms in total. The van der Waals surface area contributed by atoms with Crippen LogP contribution >= 0.6 is 0 Å². The molecule has 14 heteroatoms. The van der Waals surface area contributed by atoms with Gasteiger partial charge in [0.1, 0.15) is 6.04 Å². The Morgan fingerprint density at radius 3 is 2.41 bits per heavy atom. The number of likely N-dealkylation sites (tertiary alicyclic amines) is 1. The Kier molecular flexibility index (Phi) is 21.3. The summed E-state index contributed by atoms with van der Waals surface area (Å²) in [6.45, 7) is 4.05. The van der Waals surface area contributed by atoms with Gasteiger partial charge in [0.05, 0.1) is 5.94 Å². The minimum absolute atomic E-state index is 0. The van der Waals surface area contributed by atoms with Gasteiger partial charge in [-0.2, -0.15) is 6.26 Å². The Bertz CT molecular complexity index is 1020. The van der Waals surface area contributed by atoms with Crippen LogP contribution in [-0.4, -0.2) is 58.7 Å². The molecule has 1 aliphatic heterocycles. The molecule has 0 bridgehead atoms. The second-order valence-corrected chi connectivity index (χ2v) is 23.7. The Hall–Kier alpha value is 1.27. The van der Waals surface area contributed by atoms with Gasteiger partial charge in [-0.15, -0.1) is 0 Å². The number of benzene rings is 2. The van der Waals surface area contributed by atoms with Crippen LogP contribution in [0.25, 0.3) is 10.8 Å². The first-order chi connectivity index (χ1) is 15.1. The first-order valence-corrected chi connectivity index (χ1v) is 18.7. The average Bonchev–Trinajstić information content (AvgIpc) is 3.24. The molecule has 1 heterocycles. The van der Waals surface area contributed by atoms with E-state index in [9.17, 15) is 23.5 Å². The van der Waals surface area contributed by atoms with Gasteiger partial charge in [-0.3, -0.25) is 9.59 Å². The average molecular weight is 1110 g/mol. The third-order valence-corrected chi connectivity index (χ3v) is 4.93. The van der Waals surface area contributed by atoms with E-state index in [0.717, 1.165) is 58.7 Å². The van der Waals surface area contributed by atoms with E-state index in [1.807, 2.05) is 37.3 Å². The fraction of sp³-hybridized carbons (Fsp3) is 0.400. The molecule has 1 saturated heterocycles. The van der Waals surface area contributed by atoms with Gasteiger partial charge in [0.2, 0.25) is 5.91 Å². The molecule has 185 valence electrons. The summed E-state index contributed by atoms with van der Waals surface area (Å²) in [6, 6.07) is 10.7. The maximum atomic E-state index is 12.7. The predicted molar refractivity (Wildman–Crippen MR) is 122 cm³/mol. The second-order valence-electron chi connectivity index (χ2n) is 7.07. The van der Waals surface area contributed by atoms with Crippen molar-refractivity contribution in [2.24, 2.45) is 0 Å². The van der Waals surface area contributed by atoms with E-state index in [1.165, 1.54) is 4.90 Å². The molecule has 34 heavy (non-hydrogen) atoms. The van der Waals surface area contributed by atoms with Gasteiger partial charge in [-0.05, 0) is 43.5 Å². The zero-order chi connectivity index (χ0) is 24.4. The molecule has 2 amide bonds. The summed E-state index contributed by atoms with van der Waals surface area (Å²) >= 11 is 6.23. The molecule has 2 aromatic carbocycles. The molecule has 1 aliphatic rings. The largest absolute Gasteiger partial charge is 0 e. The van der Waals surface area contributed by atoms with E-state index in [2.05, 4.69) is 17.9 Å². The van der Waals surface area contributed by atoms with Gasteiger partial charge in [0, 0.05) is 61.8 Å². The van der Waals surface area contributed by atoms with Gasteiger partial charge < -0.3 is 32.9 Å². The van der Waals surface area contributed by atoms with Gasteiger partial charge >= 0.3 is 52.7 Å². The van der Waals surface area contributed by atoms with Crippen LogP contribution in [0.5, 0.6) is 0 Å². The van der Waals surface area contributed by atoms with Crippen molar-refractivity contribution >= 4 is 48.0 Å². The maximum absolute atomic E-state index is 12.7. The third kappa shape index (κ3) is 11.8. The Labute approximate surface area is 263 Å². The van der Waals surface area contributed by atoms with Crippen LogP contribution in [0.2, 0.25) is 0 Å². The topological polar surface area (TPSA) is 89.9 Å². The van der Waals surface area contributed by atoms with Crippen molar-refractivity contribution < 1.29 is 109 Å². The van der Waals surface area contributed by atoms with Gasteiger partial charge in [0.15, 0.2) is 0 Å². The number of hydrogen-bond donors (Lipinski definition) is 3. The number of nitrogens with one attached hydrogen (secondary N) is 1. The molecule has 0 aliphatic carbocycles. The maximum Gasteiger partial charge on any atom is 0 e. The number of carbonyl (C=O) groups is 2. The molecule has 0 aromatic heterocycles. The summed E-state index contributed by atoms with van der Waals surface area (Å²) in [5.41, 5.74) is 0.879. The van der Waals surface area contributed by atoms with Crippen molar-refractivity contribution in [1.82, 2.24) is 10.2 Å². The Morgan fingerprint density at radius 1 is 1.26 bits per heavy atom. The smallest absolute Gasteiger partial charge is 0 e. The van der Waals surface area contributed by atoms with E-state index in [0.29, 0.717) is 18.5 Å². The molecule has 1 radical (unpaired) electrons. The minimum Gasteiger partial charge on any atom is 0 e. The molecule has 3 rings (SSSR count). The van der Waals surface area contributed by atoms with E-state index in [4.69, 9.17) is 0 Å². The standard InChI is InChI=1S/C19H23BN2O4.CH4S.FS.U.V.2W/c1-12-8-9-14-5-3-6-15(16(14)11-12)18(23)21-13(2)19(24)22-10-4-7-17(22)20(25)26;2*1-2;;;;/h3,5-6,8-9,11,13,17,25-26H,4,7,10H2,1-2H3,(H,21,23);2H,1H3;;;;;/q;;-1;;;;/p-1. The van der Waals surface area contributed by atoms with Gasteiger partial charge in [0.25, 0.3) is 5.91 Å². The number of halogens is 1. The van der Waals surface area contributed by atoms with Crippen molar-refractivity contribution in [1.29, 1.82) is 0 Å². The molecule has 3 N–H and O–H groups in total. The van der Waals surface area contributed by atoms with E-state index in [1.54, 1.807) is 19.2 Å². The summed E-state index contributed by atoms with van der Waals surface area (Å²) < 4.78 is 11.1. The molecule has 2 unspecified atom stereocenters. The van der Waals surface area contributed by atoms with Crippen molar-refractivity contribution in [3.8, 4) is 0 Å². The molecule has 2 aromatic rings. The zero-order valence-electron chi connectivity index (χ0n) is 18.9. The summed E-state index contributed by atoms with van der Waals surface area (Å²) in [5, 5.41) is 23.4. The molecule has 2 atom stereocenters. The molecular formula is C20H26BFN2O4S2UVW2-2. The second kappa shape index (κ2) is 19.4. The number of carbonyl (C=O) groups excluding carboxylic acids is 2. The number of fused-ring (bicyclic) bond motifs is 1. The van der Waals surface area contributed by atoms with Crippen LogP contribution in [0, 0.1) is 38.0 Å². The summed E-state index contributed by atoms with van der Waals surface area (Å²) in [4.78, 5) is 26.8. The van der Waals surface area contributed by atoms with E-state index < -0.39 is 24.8 Å². The van der Waals surface area contributed by atoms with Crippen molar-refractivity contribution in [3.63, 3.8) is 0 Å². The summed E-state index contributed by atoms with van der Waals surface area (Å²) in [7, 11) is -1.56. The number of nitrogens with zero attached hydrogens (tertiary/aromatic N) is 1. The molecule has 1 fully saturated rings. The summed E-state index contributed by atoms with van der Waals surface area (Å²) in [5.74, 6) is -1.23. The first kappa shape index (κ1) is 37.4. The predicted octanol–water partition coefficient (Wildman–Crippen LogP) is 1.84. The fourth-order valence-electron chi connectivity index (χ4n) is 3.55. The number of hydrogen-bond acceptors (Lipinski definition) is 6. The number of aryl methyl sites for hydroxylation is 1. The van der Waals surface area contributed by atoms with Crippen molar-refractivity contribution in [2.75, 3.05) is 12.8 Å². The number of amides is 2. The molecular weight excluding hydrogens is 1080 g/mol. The Morgan fingerprint density at radius 2 is 1.85 bits per heavy atom. The van der Waals surface area contributed by atoms with Crippen LogP contribution in [0.4, 0.5) is 3.89 Å². The van der Waals surface area contributed by atoms with Crippen LogP contribution in [0.15, 0.2) is 36.4 Å². The van der Waals surface area contributed by atoms with Gasteiger partial charge in [-0.1, -0.05) is 35.9 Å². The minimum atomic E-state index is -1.56. The van der Waals surface area contributed by atoms with E-state index in [-0.39, 0.29) is 61.5 Å². The Balaban J connectivity index is 0. The van der Waals surface area contributed by atoms with Crippen molar-refractivity contribution in [2.45, 2.75) is 38.7 Å². The third-order valence-electron chi connectivity index (χ3n) is 4.93. The zero-order valence-corrected chi connectivity index (χ0v) is 32.0. The SMILES string of the molecule is C[S-].Cc1ccc2cccc(C(=O)NC(C)C(=O)N3CCCC3B(O)O)c2c1.F[S-](=[W])=[W].[U].[V]. The van der Waals surface area contributed by atoms with Crippen LogP contribution in [0.1, 0.15) is 35.7 Å². The van der Waals surface area contributed by atoms with Crippen LogP contribution in [0.3, 0.4) is 0 Å². The van der Waals surface area contributed by atoms with E-state index >= 15 is 0 Å².